The third kappa shape index (κ3) is 2.38. The highest BCUT2D eigenvalue weighted by molar-refractivity contribution is 5.35. The molecule has 2 aromatic rings. The molecule has 0 radical (unpaired) electrons. The lowest BCUT2D eigenvalue weighted by Crippen LogP contribution is -2.34. The van der Waals surface area contributed by atoms with Gasteiger partial charge in [0.1, 0.15) is 18.3 Å². The van der Waals surface area contributed by atoms with Gasteiger partial charge in [-0.05, 0) is 31.9 Å². The van der Waals surface area contributed by atoms with Crippen LogP contribution in [0.25, 0.3) is 0 Å². The zero-order chi connectivity index (χ0) is 14.0. The van der Waals surface area contributed by atoms with Crippen molar-refractivity contribution in [2.45, 2.75) is 32.7 Å². The van der Waals surface area contributed by atoms with Crippen molar-refractivity contribution in [3.05, 3.63) is 47.5 Å². The lowest BCUT2D eigenvalue weighted by molar-refractivity contribution is -0.0974. The molecule has 0 amide bonds. The molecule has 0 aliphatic heterocycles. The number of benzene rings is 1. The van der Waals surface area contributed by atoms with Gasteiger partial charge in [-0.3, -0.25) is 0 Å². The summed E-state index contributed by atoms with van der Waals surface area (Å²) in [6.45, 7) is 5.68. The molecule has 0 spiro atoms. The smallest absolute Gasteiger partial charge is 0.225 e. The Kier molecular flexibility index (Phi) is 3.66. The van der Waals surface area contributed by atoms with Crippen molar-refractivity contribution in [2.24, 2.45) is 0 Å². The zero-order valence-corrected chi connectivity index (χ0v) is 11.6. The first kappa shape index (κ1) is 13.7. The van der Waals surface area contributed by atoms with Gasteiger partial charge in [0.2, 0.25) is 6.30 Å². The van der Waals surface area contributed by atoms with Crippen molar-refractivity contribution in [2.75, 3.05) is 7.11 Å². The molecule has 2 atom stereocenters. The zero-order valence-electron chi connectivity index (χ0n) is 11.6. The first-order valence-corrected chi connectivity index (χ1v) is 6.10. The predicted octanol–water partition coefficient (Wildman–Crippen LogP) is 2.92. The Hall–Kier alpha value is -1.75. The highest BCUT2D eigenvalue weighted by Crippen LogP contribution is 2.38. The summed E-state index contributed by atoms with van der Waals surface area (Å²) in [7, 11) is 1.50. The van der Waals surface area contributed by atoms with Crippen LogP contribution in [0.1, 0.15) is 29.9 Å². The minimum Gasteiger partial charge on any atom is -0.369 e. The number of hydrogen-bond donors (Lipinski definition) is 0. The van der Waals surface area contributed by atoms with E-state index in [1.807, 2.05) is 32.0 Å². The molecule has 0 aliphatic carbocycles. The molecule has 102 valence electrons. The van der Waals surface area contributed by atoms with Gasteiger partial charge in [0.05, 0.1) is 0 Å². The van der Waals surface area contributed by atoms with Gasteiger partial charge >= 0.3 is 0 Å². The molecule has 0 aliphatic rings. The van der Waals surface area contributed by atoms with E-state index in [2.05, 4.69) is 10.1 Å². The topological polar surface area (TPSA) is 39.9 Å². The van der Waals surface area contributed by atoms with E-state index in [4.69, 9.17) is 4.74 Å². The maximum Gasteiger partial charge on any atom is 0.225 e. The summed E-state index contributed by atoms with van der Waals surface area (Å²) < 4.78 is 21.4. The first-order valence-electron chi connectivity index (χ1n) is 6.10. The van der Waals surface area contributed by atoms with Crippen LogP contribution in [0.15, 0.2) is 30.9 Å². The summed E-state index contributed by atoms with van der Waals surface area (Å²) in [5.41, 5.74) is 1.83. The van der Waals surface area contributed by atoms with Gasteiger partial charge in [0.25, 0.3) is 0 Å². The van der Waals surface area contributed by atoms with E-state index in [9.17, 15) is 4.39 Å². The number of nitrogens with zero attached hydrogens (tertiary/aromatic N) is 3. The number of rotatable bonds is 4. The standard InChI is InChI=1S/C14H18FN3O/c1-10-5-6-12(11(2)7-10)14(3,19-4)13(15)18-9-16-8-17-18/h5-9,13H,1-4H3. The second-order valence-electron chi connectivity index (χ2n) is 4.84. The van der Waals surface area contributed by atoms with Gasteiger partial charge < -0.3 is 4.74 Å². The van der Waals surface area contributed by atoms with Gasteiger partial charge in [-0.1, -0.05) is 23.8 Å². The van der Waals surface area contributed by atoms with Gasteiger partial charge in [-0.25, -0.2) is 14.1 Å². The van der Waals surface area contributed by atoms with Crippen molar-refractivity contribution in [3.63, 3.8) is 0 Å². The van der Waals surface area contributed by atoms with E-state index in [1.54, 1.807) is 6.92 Å². The molecule has 2 unspecified atom stereocenters. The van der Waals surface area contributed by atoms with Crippen molar-refractivity contribution in [3.8, 4) is 0 Å². The van der Waals surface area contributed by atoms with Crippen molar-refractivity contribution in [1.82, 2.24) is 14.8 Å². The number of alkyl halides is 1. The molecule has 1 heterocycles. The molecule has 19 heavy (non-hydrogen) atoms. The Morgan fingerprint density at radius 2 is 2.11 bits per heavy atom. The van der Waals surface area contributed by atoms with Gasteiger partial charge in [-0.2, -0.15) is 5.10 Å². The maximum atomic E-state index is 14.7. The quantitative estimate of drug-likeness (QED) is 0.851. The van der Waals surface area contributed by atoms with Crippen molar-refractivity contribution >= 4 is 0 Å². The van der Waals surface area contributed by atoms with Gasteiger partial charge in [0.15, 0.2) is 0 Å². The van der Waals surface area contributed by atoms with Crippen molar-refractivity contribution in [1.29, 1.82) is 0 Å². The van der Waals surface area contributed by atoms with Gasteiger partial charge in [-0.15, -0.1) is 0 Å². The van der Waals surface area contributed by atoms with Crippen molar-refractivity contribution < 1.29 is 9.13 Å². The number of ether oxygens (including phenoxy) is 1. The number of halogens is 1. The SMILES string of the molecule is COC(C)(c1ccc(C)cc1C)C(F)n1cncn1. The fourth-order valence-electron chi connectivity index (χ4n) is 2.29. The third-order valence-electron chi connectivity index (χ3n) is 3.46. The normalized spacial score (nSPS) is 16.1. The highest BCUT2D eigenvalue weighted by Gasteiger charge is 2.39. The summed E-state index contributed by atoms with van der Waals surface area (Å²) in [4.78, 5) is 3.78. The molecule has 0 fully saturated rings. The monoisotopic (exact) mass is 263 g/mol. The Balaban J connectivity index is 2.47. The minimum absolute atomic E-state index is 0.809. The number of aromatic nitrogens is 3. The first-order chi connectivity index (χ1) is 8.99. The van der Waals surface area contributed by atoms with E-state index >= 15 is 0 Å². The summed E-state index contributed by atoms with van der Waals surface area (Å²) in [5, 5.41) is 3.85. The molecule has 1 aromatic heterocycles. The minimum atomic E-state index is -1.44. The number of aryl methyl sites for hydroxylation is 2. The molecule has 0 N–H and O–H groups in total. The molecule has 0 bridgehead atoms. The molecular formula is C14H18FN3O. The molecule has 0 saturated carbocycles. The lowest BCUT2D eigenvalue weighted by Gasteiger charge is -2.33. The van der Waals surface area contributed by atoms with E-state index in [0.29, 0.717) is 0 Å². The molecule has 4 nitrogen and oxygen atoms in total. The van der Waals surface area contributed by atoms with Crippen LogP contribution in [0, 0.1) is 13.8 Å². The molecule has 0 saturated heterocycles. The summed E-state index contributed by atoms with van der Waals surface area (Å²) in [6, 6.07) is 5.87. The Morgan fingerprint density at radius 3 is 2.63 bits per heavy atom. The Bertz CT molecular complexity index is 556. The maximum absolute atomic E-state index is 14.7. The number of methoxy groups -OCH3 is 1. The van der Waals surface area contributed by atoms with E-state index in [0.717, 1.165) is 16.7 Å². The van der Waals surface area contributed by atoms with E-state index in [-0.39, 0.29) is 0 Å². The summed E-state index contributed by atoms with van der Waals surface area (Å²) in [6.07, 6.45) is 1.22. The largest absolute Gasteiger partial charge is 0.369 e. The van der Waals surface area contributed by atoms with Crippen LogP contribution in [0.4, 0.5) is 4.39 Å². The predicted molar refractivity (Wildman–Crippen MR) is 70.4 cm³/mol. The second kappa shape index (κ2) is 5.09. The van der Waals surface area contributed by atoms with E-state index in [1.165, 1.54) is 24.4 Å². The van der Waals surface area contributed by atoms with Gasteiger partial charge in [0, 0.05) is 7.11 Å². The van der Waals surface area contributed by atoms with Crippen LogP contribution < -0.4 is 0 Å². The highest BCUT2D eigenvalue weighted by atomic mass is 19.1. The lowest BCUT2D eigenvalue weighted by atomic mass is 9.89. The summed E-state index contributed by atoms with van der Waals surface area (Å²) in [5.74, 6) is 0. The fraction of sp³-hybridized carbons (Fsp3) is 0.429. The van der Waals surface area contributed by atoms with Crippen LogP contribution in [-0.4, -0.2) is 21.9 Å². The van der Waals surface area contributed by atoms with Crippen LogP contribution in [-0.2, 0) is 10.3 Å². The average Bonchev–Trinajstić information content (AvgIpc) is 2.90. The summed E-state index contributed by atoms with van der Waals surface area (Å²) >= 11 is 0. The molecule has 5 heteroatoms. The van der Waals surface area contributed by atoms with Crippen LogP contribution in [0.2, 0.25) is 0 Å². The Morgan fingerprint density at radius 1 is 1.37 bits per heavy atom. The average molecular weight is 263 g/mol. The second-order valence-corrected chi connectivity index (χ2v) is 4.84. The molecular weight excluding hydrogens is 245 g/mol. The fourth-order valence-corrected chi connectivity index (χ4v) is 2.29. The molecule has 1 aromatic carbocycles. The van der Waals surface area contributed by atoms with E-state index < -0.39 is 11.9 Å². The number of hydrogen-bond acceptors (Lipinski definition) is 3. The Labute approximate surface area is 112 Å². The molecule has 2 rings (SSSR count). The van der Waals surface area contributed by atoms with Crippen LogP contribution in [0.3, 0.4) is 0 Å². The van der Waals surface area contributed by atoms with Crippen LogP contribution in [0.5, 0.6) is 0 Å². The third-order valence-corrected chi connectivity index (χ3v) is 3.46. The van der Waals surface area contributed by atoms with Crippen LogP contribution >= 0.6 is 0 Å².